The molecule has 0 amide bonds. The Morgan fingerprint density at radius 2 is 2.08 bits per heavy atom. The van der Waals surface area contributed by atoms with Crippen LogP contribution in [0.25, 0.3) is 0 Å². The number of hydrogen-bond acceptors (Lipinski definition) is 3. The van der Waals surface area contributed by atoms with Gasteiger partial charge in [0.25, 0.3) is 0 Å². The van der Waals surface area contributed by atoms with Crippen molar-refractivity contribution >= 4 is 5.69 Å². The van der Waals surface area contributed by atoms with Crippen LogP contribution in [0.4, 0.5) is 5.69 Å². The lowest BCUT2D eigenvalue weighted by Crippen LogP contribution is -2.09. The van der Waals surface area contributed by atoms with Gasteiger partial charge in [-0.05, 0) is 44.5 Å². The van der Waals surface area contributed by atoms with E-state index in [2.05, 4.69) is 5.43 Å². The van der Waals surface area contributed by atoms with Crippen molar-refractivity contribution in [2.75, 3.05) is 5.43 Å². The predicted molar refractivity (Wildman–Crippen MR) is 54.8 cm³/mol. The summed E-state index contributed by atoms with van der Waals surface area (Å²) >= 11 is 0. The van der Waals surface area contributed by atoms with Gasteiger partial charge in [-0.15, -0.1) is 0 Å². The van der Waals surface area contributed by atoms with Crippen LogP contribution in [-0.4, -0.2) is 6.10 Å². The van der Waals surface area contributed by atoms with Crippen LogP contribution in [-0.2, 0) is 0 Å². The summed E-state index contributed by atoms with van der Waals surface area (Å²) in [5.41, 5.74) is 4.58. The van der Waals surface area contributed by atoms with Crippen LogP contribution in [0, 0.1) is 6.92 Å². The van der Waals surface area contributed by atoms with Gasteiger partial charge in [0.05, 0.1) is 6.10 Å². The van der Waals surface area contributed by atoms with Crippen LogP contribution in [0.1, 0.15) is 19.4 Å². The van der Waals surface area contributed by atoms with Crippen LogP contribution in [0.2, 0.25) is 0 Å². The molecule has 0 saturated carbocycles. The summed E-state index contributed by atoms with van der Waals surface area (Å²) in [6.07, 6.45) is 0.204. The maximum absolute atomic E-state index is 5.58. The molecule has 0 radical (unpaired) electrons. The van der Waals surface area contributed by atoms with Gasteiger partial charge in [0.1, 0.15) is 5.75 Å². The van der Waals surface area contributed by atoms with Crippen molar-refractivity contribution in [1.29, 1.82) is 0 Å². The molecule has 0 atom stereocenters. The Labute approximate surface area is 78.9 Å². The molecular weight excluding hydrogens is 164 g/mol. The van der Waals surface area contributed by atoms with E-state index in [1.165, 1.54) is 0 Å². The summed E-state index contributed by atoms with van der Waals surface area (Å²) in [6, 6.07) is 5.77. The summed E-state index contributed by atoms with van der Waals surface area (Å²) in [5.74, 6) is 6.19. The highest BCUT2D eigenvalue weighted by atomic mass is 16.5. The zero-order valence-electron chi connectivity index (χ0n) is 8.29. The molecule has 0 aromatic heterocycles. The number of hydrazine groups is 1. The summed E-state index contributed by atoms with van der Waals surface area (Å²) < 4.78 is 5.58. The highest BCUT2D eigenvalue weighted by Crippen LogP contribution is 2.22. The van der Waals surface area contributed by atoms with Gasteiger partial charge in [-0.3, -0.25) is 5.84 Å². The number of anilines is 1. The number of nitrogen functional groups attached to an aromatic ring is 1. The Kier molecular flexibility index (Phi) is 3.14. The summed E-state index contributed by atoms with van der Waals surface area (Å²) in [7, 11) is 0. The highest BCUT2D eigenvalue weighted by molar-refractivity contribution is 5.49. The Morgan fingerprint density at radius 3 is 2.54 bits per heavy atom. The molecule has 1 aromatic rings. The van der Waals surface area contributed by atoms with Gasteiger partial charge in [0.2, 0.25) is 0 Å². The van der Waals surface area contributed by atoms with Crippen molar-refractivity contribution in [2.24, 2.45) is 5.84 Å². The number of benzene rings is 1. The summed E-state index contributed by atoms with van der Waals surface area (Å²) in [6.45, 7) is 6.02. The minimum absolute atomic E-state index is 0.204. The molecule has 1 rings (SSSR count). The van der Waals surface area contributed by atoms with E-state index < -0.39 is 0 Å². The fourth-order valence-corrected chi connectivity index (χ4v) is 1.13. The van der Waals surface area contributed by atoms with E-state index in [0.717, 1.165) is 17.0 Å². The second-order valence-electron chi connectivity index (χ2n) is 3.29. The molecule has 0 fully saturated rings. The number of hydrogen-bond donors (Lipinski definition) is 2. The van der Waals surface area contributed by atoms with Crippen LogP contribution >= 0.6 is 0 Å². The third kappa shape index (κ3) is 2.63. The van der Waals surface area contributed by atoms with Gasteiger partial charge >= 0.3 is 0 Å². The minimum atomic E-state index is 0.204. The largest absolute Gasteiger partial charge is 0.491 e. The average Bonchev–Trinajstić information content (AvgIpc) is 2.08. The van der Waals surface area contributed by atoms with Crippen molar-refractivity contribution in [3.05, 3.63) is 23.8 Å². The molecule has 3 nitrogen and oxygen atoms in total. The standard InChI is InChI=1S/C10H16N2O/c1-7(2)13-10-5-4-9(12-11)6-8(10)3/h4-7,12H,11H2,1-3H3. The molecule has 0 aliphatic rings. The van der Waals surface area contributed by atoms with E-state index in [1.54, 1.807) is 0 Å². The number of ether oxygens (including phenoxy) is 1. The molecule has 0 aliphatic heterocycles. The maximum Gasteiger partial charge on any atom is 0.122 e. The maximum atomic E-state index is 5.58. The van der Waals surface area contributed by atoms with Crippen molar-refractivity contribution in [1.82, 2.24) is 0 Å². The van der Waals surface area contributed by atoms with Crippen molar-refractivity contribution in [3.63, 3.8) is 0 Å². The Hall–Kier alpha value is -1.22. The van der Waals surface area contributed by atoms with Crippen molar-refractivity contribution < 1.29 is 4.74 Å². The third-order valence-corrected chi connectivity index (χ3v) is 1.70. The molecule has 13 heavy (non-hydrogen) atoms. The number of nitrogens with two attached hydrogens (primary N) is 1. The first kappa shape index (κ1) is 9.86. The molecule has 1 aromatic carbocycles. The summed E-state index contributed by atoms with van der Waals surface area (Å²) in [5, 5.41) is 0. The Balaban J connectivity index is 2.85. The second kappa shape index (κ2) is 4.14. The van der Waals surface area contributed by atoms with Gasteiger partial charge in [0, 0.05) is 5.69 Å². The first-order valence-corrected chi connectivity index (χ1v) is 4.37. The smallest absolute Gasteiger partial charge is 0.122 e. The molecule has 0 unspecified atom stereocenters. The van der Waals surface area contributed by atoms with Crippen LogP contribution in [0.5, 0.6) is 5.75 Å². The zero-order chi connectivity index (χ0) is 9.84. The monoisotopic (exact) mass is 180 g/mol. The lowest BCUT2D eigenvalue weighted by Gasteiger charge is -2.12. The molecule has 0 spiro atoms. The van der Waals surface area contributed by atoms with Crippen molar-refractivity contribution in [3.8, 4) is 5.75 Å². The number of nitrogens with one attached hydrogen (secondary N) is 1. The molecule has 0 heterocycles. The third-order valence-electron chi connectivity index (χ3n) is 1.70. The highest BCUT2D eigenvalue weighted by Gasteiger charge is 2.01. The van der Waals surface area contributed by atoms with Gasteiger partial charge < -0.3 is 10.2 Å². The molecule has 3 N–H and O–H groups in total. The topological polar surface area (TPSA) is 47.3 Å². The van der Waals surface area contributed by atoms with E-state index >= 15 is 0 Å². The Morgan fingerprint density at radius 1 is 1.38 bits per heavy atom. The molecule has 72 valence electrons. The van der Waals surface area contributed by atoms with Gasteiger partial charge in [0.15, 0.2) is 0 Å². The fraction of sp³-hybridized carbons (Fsp3) is 0.400. The first-order valence-electron chi connectivity index (χ1n) is 4.37. The van der Waals surface area contributed by atoms with E-state index in [1.807, 2.05) is 39.0 Å². The van der Waals surface area contributed by atoms with E-state index in [0.29, 0.717) is 0 Å². The SMILES string of the molecule is Cc1cc(NN)ccc1OC(C)C. The van der Waals surface area contributed by atoms with E-state index in [-0.39, 0.29) is 6.10 Å². The molecule has 0 aliphatic carbocycles. The van der Waals surface area contributed by atoms with E-state index in [9.17, 15) is 0 Å². The van der Waals surface area contributed by atoms with Crippen LogP contribution in [0.3, 0.4) is 0 Å². The number of rotatable bonds is 3. The average molecular weight is 180 g/mol. The number of aryl methyl sites for hydroxylation is 1. The molecule has 0 saturated heterocycles. The summed E-state index contributed by atoms with van der Waals surface area (Å²) in [4.78, 5) is 0. The minimum Gasteiger partial charge on any atom is -0.491 e. The normalized spacial score (nSPS) is 10.2. The lowest BCUT2D eigenvalue weighted by molar-refractivity contribution is 0.241. The zero-order valence-corrected chi connectivity index (χ0v) is 8.29. The lowest BCUT2D eigenvalue weighted by atomic mass is 10.2. The van der Waals surface area contributed by atoms with E-state index in [4.69, 9.17) is 10.6 Å². The molecular formula is C10H16N2O. The quantitative estimate of drug-likeness (QED) is 0.553. The van der Waals surface area contributed by atoms with Crippen molar-refractivity contribution in [2.45, 2.75) is 26.9 Å². The van der Waals surface area contributed by atoms with Crippen LogP contribution < -0.4 is 16.0 Å². The first-order chi connectivity index (χ1) is 6.13. The second-order valence-corrected chi connectivity index (χ2v) is 3.29. The van der Waals surface area contributed by atoms with Crippen LogP contribution in [0.15, 0.2) is 18.2 Å². The Bertz CT molecular complexity index is 284. The predicted octanol–water partition coefficient (Wildman–Crippen LogP) is 2.07. The molecule has 0 bridgehead atoms. The van der Waals surface area contributed by atoms with Gasteiger partial charge in [-0.25, -0.2) is 0 Å². The van der Waals surface area contributed by atoms with Gasteiger partial charge in [-0.1, -0.05) is 0 Å². The molecule has 3 heteroatoms. The fourth-order valence-electron chi connectivity index (χ4n) is 1.13. The van der Waals surface area contributed by atoms with Gasteiger partial charge in [-0.2, -0.15) is 0 Å².